The molecule has 1 atom stereocenters. The van der Waals surface area contributed by atoms with Crippen LogP contribution >= 0.6 is 0 Å². The lowest BCUT2D eigenvalue weighted by molar-refractivity contribution is 0.410. The minimum atomic E-state index is -0.380. The molecule has 2 aliphatic rings. The van der Waals surface area contributed by atoms with Gasteiger partial charge in [-0.3, -0.25) is 0 Å². The van der Waals surface area contributed by atoms with Crippen molar-refractivity contribution in [3.8, 4) is 5.75 Å². The first kappa shape index (κ1) is 23.0. The number of allylic oxidation sites excluding steroid dienone is 1. The summed E-state index contributed by atoms with van der Waals surface area (Å²) in [6.45, 7) is 10.3. The first-order chi connectivity index (χ1) is 16.9. The molecule has 0 spiro atoms. The van der Waals surface area contributed by atoms with Crippen molar-refractivity contribution in [1.82, 2.24) is 0 Å². The van der Waals surface area contributed by atoms with Crippen LogP contribution in [0.25, 0.3) is 16.3 Å². The van der Waals surface area contributed by atoms with Crippen LogP contribution in [0.1, 0.15) is 17.5 Å². The van der Waals surface area contributed by atoms with Gasteiger partial charge < -0.3 is 25.4 Å². The van der Waals surface area contributed by atoms with E-state index in [2.05, 4.69) is 43.5 Å². The largest absolute Gasteiger partial charge is 0.508 e. The molecule has 3 N–H and O–H groups in total. The highest BCUT2D eigenvalue weighted by atomic mass is 19.1. The zero-order valence-electron chi connectivity index (χ0n) is 19.9. The summed E-state index contributed by atoms with van der Waals surface area (Å²) in [6.07, 6.45) is 2.73. The summed E-state index contributed by atoms with van der Waals surface area (Å²) < 4.78 is 21.5. The van der Waals surface area contributed by atoms with Gasteiger partial charge in [0.1, 0.15) is 11.4 Å². The zero-order valence-corrected chi connectivity index (χ0v) is 19.9. The maximum Gasteiger partial charge on any atom is 0.169 e. The summed E-state index contributed by atoms with van der Waals surface area (Å²) >= 11 is 0. The second kappa shape index (κ2) is 9.12. The van der Waals surface area contributed by atoms with Crippen LogP contribution in [0.2, 0.25) is 0 Å². The number of benzene rings is 3. The van der Waals surface area contributed by atoms with Gasteiger partial charge in [0.2, 0.25) is 0 Å². The van der Waals surface area contributed by atoms with Crippen LogP contribution in [-0.4, -0.2) is 31.9 Å². The number of fused-ring (bicyclic) bond motifs is 2. The molecule has 3 aromatic rings. The quantitative estimate of drug-likeness (QED) is 0.448. The van der Waals surface area contributed by atoms with E-state index in [0.717, 1.165) is 28.4 Å². The molecule has 3 aromatic carbocycles. The molecule has 0 amide bonds. The van der Waals surface area contributed by atoms with Crippen LogP contribution in [0.15, 0.2) is 79.2 Å². The average molecular weight is 472 g/mol. The Morgan fingerprint density at radius 3 is 2.63 bits per heavy atom. The molecule has 0 unspecified atom stereocenters. The Hall–Kier alpha value is -3.77. The number of aliphatic hydroxyl groups is 1. The molecule has 1 saturated heterocycles. The average Bonchev–Trinajstić information content (AvgIpc) is 3.33. The standard InChI is InChI=1S/C29H30FN3O2/c1-18-24-13-26(30)28(32-11-10-21(14-31)16-32)29(35-3)27(24)33(17-25(18)19(2)34)15-20-8-9-22-6-4-5-7-23(22)12-20/h4-9,12-13,17,21,34H,1-2,10-11,14-16,31H2,3H3/t21-/m0/s1. The number of nitrogens with zero attached hydrogens (tertiary/aromatic N) is 2. The van der Waals surface area contributed by atoms with Crippen molar-refractivity contribution in [1.29, 1.82) is 0 Å². The van der Waals surface area contributed by atoms with Crippen molar-refractivity contribution in [3.63, 3.8) is 0 Å². The summed E-state index contributed by atoms with van der Waals surface area (Å²) in [4.78, 5) is 4.01. The molecule has 2 heterocycles. The van der Waals surface area contributed by atoms with E-state index < -0.39 is 0 Å². The van der Waals surface area contributed by atoms with Gasteiger partial charge in [0.05, 0.1) is 12.8 Å². The number of methoxy groups -OCH3 is 1. The molecule has 0 bridgehead atoms. The molecule has 1 fully saturated rings. The molecule has 6 heteroatoms. The van der Waals surface area contributed by atoms with Crippen LogP contribution in [0, 0.1) is 11.7 Å². The van der Waals surface area contributed by atoms with E-state index in [0.29, 0.717) is 60.2 Å². The Bertz CT molecular complexity index is 1360. The molecule has 0 radical (unpaired) electrons. The van der Waals surface area contributed by atoms with Crippen LogP contribution in [-0.2, 0) is 6.54 Å². The molecule has 2 aliphatic heterocycles. The summed E-state index contributed by atoms with van der Waals surface area (Å²) in [5.41, 5.74) is 9.68. The molecule has 0 saturated carbocycles. The van der Waals surface area contributed by atoms with Crippen molar-refractivity contribution in [2.24, 2.45) is 11.7 Å². The van der Waals surface area contributed by atoms with E-state index in [4.69, 9.17) is 10.5 Å². The predicted octanol–water partition coefficient (Wildman–Crippen LogP) is 5.76. The summed E-state index contributed by atoms with van der Waals surface area (Å²) in [6, 6.07) is 16.0. The molecule has 0 aromatic heterocycles. The van der Waals surface area contributed by atoms with Gasteiger partial charge in [0.15, 0.2) is 11.6 Å². The minimum absolute atomic E-state index is 0.113. The van der Waals surface area contributed by atoms with Crippen molar-refractivity contribution < 1.29 is 14.2 Å². The van der Waals surface area contributed by atoms with Gasteiger partial charge >= 0.3 is 0 Å². The summed E-state index contributed by atoms with van der Waals surface area (Å²) in [5, 5.41) is 12.6. The van der Waals surface area contributed by atoms with Crippen LogP contribution in [0.3, 0.4) is 0 Å². The topological polar surface area (TPSA) is 62.0 Å². The number of ether oxygens (including phenoxy) is 1. The maximum absolute atomic E-state index is 15.6. The minimum Gasteiger partial charge on any atom is -0.508 e. The van der Waals surface area contributed by atoms with Crippen molar-refractivity contribution in [3.05, 3.63) is 96.2 Å². The normalized spacial score (nSPS) is 17.5. The van der Waals surface area contributed by atoms with Crippen LogP contribution in [0.4, 0.5) is 15.8 Å². The number of anilines is 2. The Balaban J connectivity index is 1.64. The third-order valence-electron chi connectivity index (χ3n) is 7.02. The van der Waals surface area contributed by atoms with Gasteiger partial charge in [-0.15, -0.1) is 0 Å². The van der Waals surface area contributed by atoms with E-state index in [9.17, 15) is 5.11 Å². The smallest absolute Gasteiger partial charge is 0.169 e. The Morgan fingerprint density at radius 2 is 1.94 bits per heavy atom. The Morgan fingerprint density at radius 1 is 1.17 bits per heavy atom. The van der Waals surface area contributed by atoms with Crippen molar-refractivity contribution in [2.75, 3.05) is 36.5 Å². The van der Waals surface area contributed by atoms with Crippen LogP contribution < -0.4 is 20.3 Å². The third-order valence-corrected chi connectivity index (χ3v) is 7.02. The van der Waals surface area contributed by atoms with Crippen molar-refractivity contribution >= 4 is 27.7 Å². The SMILES string of the molecule is C=C(O)C1=CN(Cc2ccc3ccccc3c2)c2c(cc(F)c(N3CC[C@@H](CN)C3)c2OC)C1=C. The highest BCUT2D eigenvalue weighted by molar-refractivity contribution is 5.96. The number of hydrogen-bond acceptors (Lipinski definition) is 5. The van der Waals surface area contributed by atoms with E-state index in [-0.39, 0.29) is 11.6 Å². The van der Waals surface area contributed by atoms with Gasteiger partial charge in [0, 0.05) is 37.0 Å². The monoisotopic (exact) mass is 471 g/mol. The molecule has 35 heavy (non-hydrogen) atoms. The lowest BCUT2D eigenvalue weighted by Crippen LogP contribution is -2.27. The number of halogens is 1. The second-order valence-electron chi connectivity index (χ2n) is 9.25. The highest BCUT2D eigenvalue weighted by Gasteiger charge is 2.33. The van der Waals surface area contributed by atoms with Gasteiger partial charge in [0.25, 0.3) is 0 Å². The molecule has 5 rings (SSSR count). The second-order valence-corrected chi connectivity index (χ2v) is 9.25. The summed E-state index contributed by atoms with van der Waals surface area (Å²) in [5.74, 6) is 0.286. The molecular formula is C29H30FN3O2. The summed E-state index contributed by atoms with van der Waals surface area (Å²) in [7, 11) is 1.57. The van der Waals surface area contributed by atoms with Gasteiger partial charge in [-0.2, -0.15) is 0 Å². The molecule has 5 nitrogen and oxygen atoms in total. The molecular weight excluding hydrogens is 441 g/mol. The maximum atomic E-state index is 15.6. The first-order valence-corrected chi connectivity index (χ1v) is 11.8. The van der Waals surface area contributed by atoms with Crippen LogP contribution in [0.5, 0.6) is 5.75 Å². The van der Waals surface area contributed by atoms with Gasteiger partial charge in [-0.1, -0.05) is 49.6 Å². The highest BCUT2D eigenvalue weighted by Crippen LogP contribution is 2.50. The first-order valence-electron chi connectivity index (χ1n) is 11.8. The zero-order chi connectivity index (χ0) is 24.7. The number of hydrogen-bond donors (Lipinski definition) is 2. The molecule has 180 valence electrons. The Kier molecular flexibility index (Phi) is 5.99. The number of nitrogens with two attached hydrogens (primary N) is 1. The fourth-order valence-electron chi connectivity index (χ4n) is 5.19. The number of aliphatic hydroxyl groups excluding tert-OH is 1. The molecule has 0 aliphatic carbocycles. The van der Waals surface area contributed by atoms with Gasteiger partial charge in [-0.25, -0.2) is 4.39 Å². The van der Waals surface area contributed by atoms with E-state index in [1.54, 1.807) is 7.11 Å². The lowest BCUT2D eigenvalue weighted by Gasteiger charge is -2.34. The van der Waals surface area contributed by atoms with E-state index in [1.165, 1.54) is 6.07 Å². The number of rotatable bonds is 6. The van der Waals surface area contributed by atoms with Crippen molar-refractivity contribution in [2.45, 2.75) is 13.0 Å². The Labute approximate surface area is 205 Å². The predicted molar refractivity (Wildman–Crippen MR) is 141 cm³/mol. The third kappa shape index (κ3) is 4.04. The van der Waals surface area contributed by atoms with E-state index in [1.807, 2.05) is 28.1 Å². The van der Waals surface area contributed by atoms with E-state index >= 15 is 4.39 Å². The fraction of sp³-hybridized carbons (Fsp3) is 0.241. The van der Waals surface area contributed by atoms with Gasteiger partial charge in [-0.05, 0) is 52.9 Å². The fourth-order valence-corrected chi connectivity index (χ4v) is 5.19. The lowest BCUT2D eigenvalue weighted by atomic mass is 9.91.